The molecule has 3 rings (SSSR count). The van der Waals surface area contributed by atoms with Crippen molar-refractivity contribution in [2.45, 2.75) is 53.4 Å². The highest BCUT2D eigenvalue weighted by molar-refractivity contribution is 6.06. The van der Waals surface area contributed by atoms with Crippen molar-refractivity contribution < 1.29 is 9.59 Å². The molecule has 0 saturated heterocycles. The van der Waals surface area contributed by atoms with E-state index in [9.17, 15) is 9.59 Å². The number of carbonyl (C=O) groups is 2. The number of Topliss-reactive ketones (excluding diaryl/α,β-unsaturated/α-hetero) is 1. The molecule has 0 heterocycles. The van der Waals surface area contributed by atoms with E-state index in [0.29, 0.717) is 12.2 Å². The zero-order valence-electron chi connectivity index (χ0n) is 14.0. The molecular formula is C20H24O2. The van der Waals surface area contributed by atoms with Gasteiger partial charge in [-0.2, -0.15) is 0 Å². The van der Waals surface area contributed by atoms with E-state index >= 15 is 0 Å². The Kier molecular flexibility index (Phi) is 3.09. The molecule has 0 N–H and O–H groups in total. The molecule has 2 fully saturated rings. The molecule has 0 bridgehead atoms. The summed E-state index contributed by atoms with van der Waals surface area (Å²) in [6.45, 7) is 8.18. The second kappa shape index (κ2) is 4.44. The van der Waals surface area contributed by atoms with E-state index in [0.717, 1.165) is 30.4 Å². The summed E-state index contributed by atoms with van der Waals surface area (Å²) in [7, 11) is 0. The minimum atomic E-state index is -0.431. The number of rotatable bonds is 0. The quantitative estimate of drug-likeness (QED) is 0.636. The van der Waals surface area contributed by atoms with E-state index < -0.39 is 5.41 Å². The van der Waals surface area contributed by atoms with Crippen LogP contribution in [0, 0.1) is 34.5 Å². The summed E-state index contributed by atoms with van der Waals surface area (Å²) < 4.78 is 0. The van der Waals surface area contributed by atoms with Gasteiger partial charge in [0.15, 0.2) is 5.78 Å². The van der Waals surface area contributed by atoms with E-state index in [4.69, 9.17) is 6.42 Å². The molecule has 0 radical (unpaired) electrons. The lowest BCUT2D eigenvalue weighted by atomic mass is 9.44. The molecule has 22 heavy (non-hydrogen) atoms. The Balaban J connectivity index is 2.17. The molecule has 2 heteroatoms. The largest absolute Gasteiger partial charge is 0.299 e. The minimum absolute atomic E-state index is 0.0671. The van der Waals surface area contributed by atoms with Crippen molar-refractivity contribution in [1.82, 2.24) is 0 Å². The van der Waals surface area contributed by atoms with Crippen LogP contribution in [0.2, 0.25) is 0 Å². The van der Waals surface area contributed by atoms with E-state index in [1.807, 2.05) is 13.0 Å². The predicted octanol–water partition coefficient (Wildman–Crippen LogP) is 3.87. The summed E-state index contributed by atoms with van der Waals surface area (Å²) in [4.78, 5) is 24.7. The van der Waals surface area contributed by atoms with Gasteiger partial charge >= 0.3 is 0 Å². The van der Waals surface area contributed by atoms with Gasteiger partial charge in [-0.15, -0.1) is 6.42 Å². The first-order chi connectivity index (χ1) is 10.2. The maximum Gasteiger partial charge on any atom is 0.181 e. The van der Waals surface area contributed by atoms with E-state index in [1.165, 1.54) is 0 Å². The Bertz CT molecular complexity index is 670. The number of carbonyl (C=O) groups excluding carboxylic acids is 2. The number of fused-ring (bicyclic) bond motifs is 3. The van der Waals surface area contributed by atoms with Crippen molar-refractivity contribution in [3.05, 3.63) is 23.3 Å². The van der Waals surface area contributed by atoms with Gasteiger partial charge in [-0.3, -0.25) is 9.59 Å². The van der Waals surface area contributed by atoms with Crippen LogP contribution in [0.3, 0.4) is 0 Å². The third kappa shape index (κ3) is 1.75. The fraction of sp³-hybridized carbons (Fsp3) is 0.600. The van der Waals surface area contributed by atoms with Crippen molar-refractivity contribution in [1.29, 1.82) is 0 Å². The minimum Gasteiger partial charge on any atom is -0.299 e. The first-order valence-electron chi connectivity index (χ1n) is 8.15. The first-order valence-corrected chi connectivity index (χ1v) is 8.15. The number of hydrogen-bond acceptors (Lipinski definition) is 2. The van der Waals surface area contributed by atoms with Gasteiger partial charge < -0.3 is 0 Å². The normalized spacial score (nSPS) is 40.0. The molecule has 3 aliphatic rings. The van der Waals surface area contributed by atoms with Gasteiger partial charge in [0.25, 0.3) is 0 Å². The lowest BCUT2D eigenvalue weighted by Gasteiger charge is -2.58. The highest BCUT2D eigenvalue weighted by Gasteiger charge is 2.59. The second-order valence-corrected chi connectivity index (χ2v) is 8.02. The molecule has 3 atom stereocenters. The monoisotopic (exact) mass is 296 g/mol. The van der Waals surface area contributed by atoms with Crippen LogP contribution in [0.5, 0.6) is 0 Å². The second-order valence-electron chi connectivity index (χ2n) is 8.02. The standard InChI is InChI=1S/C20H24O2/c1-6-20-10-7-15-18(3,4)17(22)8-9-19(15,5)16(20)11-14(21)13(2)12-20/h1,11-12,15H,7-10H2,2-5H3/t15-,19-,20-/m0/s1. The van der Waals surface area contributed by atoms with Crippen LogP contribution in [-0.4, -0.2) is 11.6 Å². The van der Waals surface area contributed by atoms with Crippen molar-refractivity contribution in [3.63, 3.8) is 0 Å². The summed E-state index contributed by atoms with van der Waals surface area (Å²) in [5.74, 6) is 3.66. The summed E-state index contributed by atoms with van der Waals surface area (Å²) in [5.41, 5.74) is 0.896. The summed E-state index contributed by atoms with van der Waals surface area (Å²) in [6.07, 6.45) is 12.8. The Morgan fingerprint density at radius 1 is 1.23 bits per heavy atom. The SMILES string of the molecule is C#C[C@]12C=C(C)C(=O)C=C1[C@@]1(C)CCC(=O)C(C)(C)[C@@H]1CC2. The Morgan fingerprint density at radius 2 is 1.91 bits per heavy atom. The van der Waals surface area contributed by atoms with E-state index in [-0.39, 0.29) is 22.5 Å². The zero-order chi connectivity index (χ0) is 16.3. The Morgan fingerprint density at radius 3 is 2.55 bits per heavy atom. The van der Waals surface area contributed by atoms with Crippen LogP contribution in [-0.2, 0) is 9.59 Å². The van der Waals surface area contributed by atoms with Crippen LogP contribution in [0.25, 0.3) is 0 Å². The highest BCUT2D eigenvalue weighted by atomic mass is 16.1. The number of terminal acetylenes is 1. The molecule has 116 valence electrons. The fourth-order valence-corrected chi connectivity index (χ4v) is 5.20. The van der Waals surface area contributed by atoms with Gasteiger partial charge in [0, 0.05) is 11.8 Å². The average molecular weight is 296 g/mol. The van der Waals surface area contributed by atoms with Gasteiger partial charge in [-0.1, -0.05) is 32.8 Å². The fourth-order valence-electron chi connectivity index (χ4n) is 5.20. The van der Waals surface area contributed by atoms with Crippen molar-refractivity contribution >= 4 is 11.6 Å². The smallest absolute Gasteiger partial charge is 0.181 e. The van der Waals surface area contributed by atoms with E-state index in [2.05, 4.69) is 26.7 Å². The molecule has 2 saturated carbocycles. The summed E-state index contributed by atoms with van der Waals surface area (Å²) >= 11 is 0. The first kappa shape index (κ1) is 15.3. The van der Waals surface area contributed by atoms with Gasteiger partial charge in [0.2, 0.25) is 0 Å². The van der Waals surface area contributed by atoms with Gasteiger partial charge in [0.05, 0.1) is 5.41 Å². The third-order valence-corrected chi connectivity index (χ3v) is 6.54. The summed E-state index contributed by atoms with van der Waals surface area (Å²) in [6, 6.07) is 0. The molecule has 2 nitrogen and oxygen atoms in total. The van der Waals surface area contributed by atoms with Crippen LogP contribution < -0.4 is 0 Å². The molecule has 0 aromatic carbocycles. The lowest BCUT2D eigenvalue weighted by Crippen LogP contribution is -2.54. The number of hydrogen-bond donors (Lipinski definition) is 0. The molecule has 0 aromatic heterocycles. The maximum absolute atomic E-state index is 12.4. The summed E-state index contributed by atoms with van der Waals surface area (Å²) in [5, 5.41) is 0. The van der Waals surface area contributed by atoms with Crippen molar-refractivity contribution in [3.8, 4) is 12.3 Å². The molecule has 0 amide bonds. The molecule has 0 unspecified atom stereocenters. The highest BCUT2D eigenvalue weighted by Crippen LogP contribution is 2.64. The van der Waals surface area contributed by atoms with E-state index in [1.54, 1.807) is 6.08 Å². The zero-order valence-corrected chi connectivity index (χ0v) is 14.0. The van der Waals surface area contributed by atoms with Crippen molar-refractivity contribution in [2.24, 2.45) is 22.2 Å². The van der Waals surface area contributed by atoms with Gasteiger partial charge in [-0.05, 0) is 54.7 Å². The number of ketones is 2. The molecule has 0 aliphatic heterocycles. The Labute approximate surface area is 133 Å². The molecule has 0 spiro atoms. The van der Waals surface area contributed by atoms with Crippen LogP contribution >= 0.6 is 0 Å². The average Bonchev–Trinajstić information content (AvgIpc) is 2.46. The van der Waals surface area contributed by atoms with Gasteiger partial charge in [-0.25, -0.2) is 0 Å². The topological polar surface area (TPSA) is 34.1 Å². The molecular weight excluding hydrogens is 272 g/mol. The maximum atomic E-state index is 12.4. The number of allylic oxidation sites excluding steroid dienone is 4. The Hall–Kier alpha value is -1.62. The molecule has 0 aromatic rings. The molecule has 3 aliphatic carbocycles. The van der Waals surface area contributed by atoms with Gasteiger partial charge in [0.1, 0.15) is 5.78 Å². The van der Waals surface area contributed by atoms with Crippen LogP contribution in [0.15, 0.2) is 23.3 Å². The predicted molar refractivity (Wildman–Crippen MR) is 87.0 cm³/mol. The van der Waals surface area contributed by atoms with Crippen molar-refractivity contribution in [2.75, 3.05) is 0 Å². The lowest BCUT2D eigenvalue weighted by molar-refractivity contribution is -0.140. The van der Waals surface area contributed by atoms with Crippen LogP contribution in [0.1, 0.15) is 53.4 Å². The third-order valence-electron chi connectivity index (χ3n) is 6.54. The van der Waals surface area contributed by atoms with Crippen LogP contribution in [0.4, 0.5) is 0 Å².